The van der Waals surface area contributed by atoms with Crippen molar-refractivity contribution < 1.29 is 43.9 Å². The van der Waals surface area contributed by atoms with Gasteiger partial charge in [0.05, 0.1) is 12.2 Å². The number of aliphatic hydroxyl groups excluding tert-OH is 3. The molecule has 192 valence electrons. The molecule has 7 atom stereocenters. The second-order valence-corrected chi connectivity index (χ2v) is 8.59. The zero-order chi connectivity index (χ0) is 25.8. The van der Waals surface area contributed by atoms with Gasteiger partial charge in [-0.05, 0) is 11.1 Å². The van der Waals surface area contributed by atoms with Crippen molar-refractivity contribution in [1.82, 2.24) is 5.32 Å². The number of hydrogen-bond donors (Lipinski definition) is 4. The smallest absolute Gasteiger partial charge is 0.340 e. The van der Waals surface area contributed by atoms with Gasteiger partial charge in [-0.3, -0.25) is 4.79 Å². The number of nitrogens with one attached hydrogen (secondary N) is 1. The van der Waals surface area contributed by atoms with Crippen molar-refractivity contribution in [3.8, 4) is 0 Å². The van der Waals surface area contributed by atoms with Gasteiger partial charge in [-0.25, -0.2) is 4.79 Å². The molecule has 10 nitrogen and oxygen atoms in total. The van der Waals surface area contributed by atoms with Gasteiger partial charge in [0.2, 0.25) is 12.2 Å². The zero-order valence-electron chi connectivity index (χ0n) is 19.8. The lowest BCUT2D eigenvalue weighted by Crippen LogP contribution is -2.65. The number of aliphatic hydroxyl groups is 3. The van der Waals surface area contributed by atoms with E-state index in [1.54, 1.807) is 60.7 Å². The molecular weight excluding hydrogens is 470 g/mol. The minimum absolute atomic E-state index is 0.00156. The van der Waals surface area contributed by atoms with E-state index in [-0.39, 0.29) is 17.8 Å². The summed E-state index contributed by atoms with van der Waals surface area (Å²) in [5.41, 5.74) is 1.34. The summed E-state index contributed by atoms with van der Waals surface area (Å²) in [7, 11) is 1.41. The number of benzene rings is 2. The first-order valence-electron chi connectivity index (χ1n) is 11.5. The van der Waals surface area contributed by atoms with Crippen LogP contribution in [0, 0.1) is 0 Å². The third kappa shape index (κ3) is 5.34. The van der Waals surface area contributed by atoms with Crippen molar-refractivity contribution in [2.24, 2.45) is 0 Å². The Kier molecular flexibility index (Phi) is 8.14. The van der Waals surface area contributed by atoms with Crippen LogP contribution in [-0.4, -0.2) is 77.8 Å². The van der Waals surface area contributed by atoms with Crippen LogP contribution in [0.1, 0.15) is 24.2 Å². The summed E-state index contributed by atoms with van der Waals surface area (Å²) in [4.78, 5) is 24.9. The average Bonchev–Trinajstić information content (AvgIpc) is 3.20. The molecule has 2 aliphatic heterocycles. The number of carbonyl (C=O) groups is 2. The number of carbonyl (C=O) groups excluding carboxylic acids is 2. The molecule has 0 aromatic heterocycles. The fourth-order valence-electron chi connectivity index (χ4n) is 4.38. The first-order chi connectivity index (χ1) is 17.3. The minimum atomic E-state index is -1.46. The van der Waals surface area contributed by atoms with E-state index in [9.17, 15) is 24.9 Å². The van der Waals surface area contributed by atoms with Crippen LogP contribution < -0.4 is 5.32 Å². The van der Waals surface area contributed by atoms with Crippen molar-refractivity contribution >= 4 is 17.4 Å². The predicted octanol–water partition coefficient (Wildman–Crippen LogP) is 0.671. The molecule has 1 fully saturated rings. The second kappa shape index (κ2) is 11.3. The third-order valence-corrected chi connectivity index (χ3v) is 6.09. The van der Waals surface area contributed by atoms with Crippen LogP contribution >= 0.6 is 0 Å². The van der Waals surface area contributed by atoms with Gasteiger partial charge in [0.25, 0.3) is 0 Å². The standard InChI is InChI=1S/C26H29NO9/c1-14(28)27-20-23(31)22(30)17(13-33-2)34-26(20)36-25-18(15-9-5-3-6-10-15)19(24(32)35-25)21(29)16-11-7-4-8-12-16/h3-12,17,20-23,25-26,29-31H,13H2,1-2H3,(H,27,28)/t17-,20+,21+,22-,23+,25-,26+/m0/s1. The lowest BCUT2D eigenvalue weighted by Gasteiger charge is -2.43. The average molecular weight is 500 g/mol. The van der Waals surface area contributed by atoms with Gasteiger partial charge in [-0.1, -0.05) is 60.7 Å². The van der Waals surface area contributed by atoms with E-state index in [2.05, 4.69) is 5.32 Å². The number of cyclic esters (lactones) is 1. The van der Waals surface area contributed by atoms with E-state index in [1.807, 2.05) is 0 Å². The molecule has 0 unspecified atom stereocenters. The van der Waals surface area contributed by atoms with E-state index in [0.717, 1.165) is 0 Å². The summed E-state index contributed by atoms with van der Waals surface area (Å²) in [5.74, 6) is -1.27. The summed E-state index contributed by atoms with van der Waals surface area (Å²) in [6.07, 6.45) is -7.75. The molecule has 2 aliphatic rings. The molecule has 2 heterocycles. The van der Waals surface area contributed by atoms with Crippen molar-refractivity contribution in [2.45, 2.75) is 50.0 Å². The monoisotopic (exact) mass is 499 g/mol. The lowest BCUT2D eigenvalue weighted by molar-refractivity contribution is -0.297. The topological polar surface area (TPSA) is 144 Å². The van der Waals surface area contributed by atoms with Crippen LogP contribution in [0.25, 0.3) is 5.57 Å². The van der Waals surface area contributed by atoms with E-state index >= 15 is 0 Å². The molecule has 36 heavy (non-hydrogen) atoms. The van der Waals surface area contributed by atoms with Gasteiger partial charge in [-0.2, -0.15) is 0 Å². The Morgan fingerprint density at radius 2 is 1.69 bits per heavy atom. The highest BCUT2D eigenvalue weighted by Gasteiger charge is 2.49. The van der Waals surface area contributed by atoms with E-state index in [0.29, 0.717) is 11.1 Å². The molecule has 0 spiro atoms. The second-order valence-electron chi connectivity index (χ2n) is 8.59. The van der Waals surface area contributed by atoms with E-state index < -0.39 is 54.9 Å². The Morgan fingerprint density at radius 1 is 1.06 bits per heavy atom. The first-order valence-corrected chi connectivity index (χ1v) is 11.5. The van der Waals surface area contributed by atoms with Crippen molar-refractivity contribution in [3.63, 3.8) is 0 Å². The van der Waals surface area contributed by atoms with E-state index in [1.165, 1.54) is 14.0 Å². The summed E-state index contributed by atoms with van der Waals surface area (Å²) in [5, 5.41) is 34.8. The van der Waals surface area contributed by atoms with Crippen LogP contribution in [0.15, 0.2) is 66.2 Å². The van der Waals surface area contributed by atoms with Gasteiger partial charge in [0.15, 0.2) is 6.29 Å². The maximum absolute atomic E-state index is 13.0. The maximum Gasteiger partial charge on any atom is 0.340 e. The highest BCUT2D eigenvalue weighted by Crippen LogP contribution is 2.40. The number of rotatable bonds is 8. The van der Waals surface area contributed by atoms with Crippen molar-refractivity contribution in [1.29, 1.82) is 0 Å². The molecule has 10 heteroatoms. The maximum atomic E-state index is 13.0. The minimum Gasteiger partial charge on any atom is -0.428 e. The lowest BCUT2D eigenvalue weighted by atomic mass is 9.93. The molecule has 1 saturated heterocycles. The summed E-state index contributed by atoms with van der Waals surface area (Å²) >= 11 is 0. The largest absolute Gasteiger partial charge is 0.428 e. The molecule has 1 amide bonds. The summed E-state index contributed by atoms with van der Waals surface area (Å²) in [6, 6.07) is 16.3. The highest BCUT2D eigenvalue weighted by atomic mass is 16.8. The van der Waals surface area contributed by atoms with Gasteiger partial charge in [0, 0.05) is 19.6 Å². The molecule has 2 aromatic rings. The van der Waals surface area contributed by atoms with Gasteiger partial charge >= 0.3 is 5.97 Å². The summed E-state index contributed by atoms with van der Waals surface area (Å²) < 4.78 is 22.5. The van der Waals surface area contributed by atoms with Gasteiger partial charge < -0.3 is 39.6 Å². The van der Waals surface area contributed by atoms with Gasteiger partial charge in [-0.15, -0.1) is 0 Å². The first kappa shape index (κ1) is 26.0. The molecule has 4 N–H and O–H groups in total. The van der Waals surface area contributed by atoms with Crippen LogP contribution in [-0.2, 0) is 28.5 Å². The Morgan fingerprint density at radius 3 is 2.31 bits per heavy atom. The number of esters is 1. The van der Waals surface area contributed by atoms with E-state index in [4.69, 9.17) is 18.9 Å². The normalized spacial score (nSPS) is 29.1. The third-order valence-electron chi connectivity index (χ3n) is 6.09. The number of ether oxygens (including phenoxy) is 4. The molecular formula is C26H29NO9. The molecule has 0 saturated carbocycles. The Balaban J connectivity index is 1.72. The quantitative estimate of drug-likeness (QED) is 0.385. The SMILES string of the molecule is COC[C@@H]1O[C@H](O[C@@H]2OC(=O)C([C@H](O)c3ccccc3)=C2c2ccccc2)[C@H](NC(C)=O)[C@@H](O)[C@H]1O. The number of hydrogen-bond acceptors (Lipinski definition) is 9. The number of methoxy groups -OCH3 is 1. The Labute approximate surface area is 208 Å². The van der Waals surface area contributed by atoms with Crippen LogP contribution in [0.2, 0.25) is 0 Å². The fraction of sp³-hybridized carbons (Fsp3) is 0.385. The molecule has 0 radical (unpaired) electrons. The Bertz CT molecular complexity index is 1090. The van der Waals surface area contributed by atoms with Crippen molar-refractivity contribution in [3.05, 3.63) is 77.4 Å². The summed E-state index contributed by atoms with van der Waals surface area (Å²) in [6.45, 7) is 1.19. The fourth-order valence-corrected chi connectivity index (χ4v) is 4.38. The van der Waals surface area contributed by atoms with Crippen molar-refractivity contribution in [2.75, 3.05) is 13.7 Å². The zero-order valence-corrected chi connectivity index (χ0v) is 19.8. The molecule has 0 aliphatic carbocycles. The predicted molar refractivity (Wildman–Crippen MR) is 126 cm³/mol. The van der Waals surface area contributed by atoms with Gasteiger partial charge in [0.1, 0.15) is 30.5 Å². The van der Waals surface area contributed by atoms with Crippen LogP contribution in [0.4, 0.5) is 0 Å². The van der Waals surface area contributed by atoms with Crippen LogP contribution in [0.5, 0.6) is 0 Å². The molecule has 0 bridgehead atoms. The highest BCUT2D eigenvalue weighted by molar-refractivity contribution is 6.03. The number of amides is 1. The van der Waals surface area contributed by atoms with Crippen LogP contribution in [0.3, 0.4) is 0 Å². The molecule has 4 rings (SSSR count). The molecule has 2 aromatic carbocycles. The Hall–Kier alpha value is -3.12.